The second kappa shape index (κ2) is 9.67. The first-order chi connectivity index (χ1) is 16.1. The number of carbonyl (C=O) groups excluding carboxylic acids is 2. The van der Waals surface area contributed by atoms with E-state index in [9.17, 15) is 9.59 Å². The lowest BCUT2D eigenvalue weighted by molar-refractivity contribution is -0.136. The largest absolute Gasteiger partial charge is 0.356 e. The fraction of sp³-hybridized carbons (Fsp3) is 0.577. The highest BCUT2D eigenvalue weighted by Gasteiger charge is 2.30. The van der Waals surface area contributed by atoms with Gasteiger partial charge in [-0.2, -0.15) is 0 Å². The minimum Gasteiger partial charge on any atom is -0.356 e. The van der Waals surface area contributed by atoms with Gasteiger partial charge in [-0.15, -0.1) is 0 Å². The van der Waals surface area contributed by atoms with Crippen LogP contribution in [0.2, 0.25) is 0 Å². The van der Waals surface area contributed by atoms with Gasteiger partial charge in [-0.3, -0.25) is 14.5 Å². The van der Waals surface area contributed by atoms with E-state index in [1.54, 1.807) is 0 Å². The molecule has 0 aliphatic carbocycles. The number of pyridine rings is 1. The SMILES string of the molecule is CC1CCCCN1C(=O)CN1CCN(C(=O)c2cc3ccccc3nc2N2CCCC2)CC1. The van der Waals surface area contributed by atoms with Gasteiger partial charge in [-0.1, -0.05) is 18.2 Å². The molecule has 2 amide bonds. The van der Waals surface area contributed by atoms with Crippen LogP contribution in [0.25, 0.3) is 10.9 Å². The van der Waals surface area contributed by atoms with E-state index in [0.29, 0.717) is 31.2 Å². The summed E-state index contributed by atoms with van der Waals surface area (Å²) in [5.74, 6) is 1.12. The fourth-order valence-electron chi connectivity index (χ4n) is 5.46. The Kier molecular flexibility index (Phi) is 6.49. The van der Waals surface area contributed by atoms with Gasteiger partial charge in [0.2, 0.25) is 5.91 Å². The summed E-state index contributed by atoms with van der Waals surface area (Å²) in [5, 5.41) is 1.00. The number of piperidine rings is 1. The molecule has 5 rings (SSSR count). The van der Waals surface area contributed by atoms with Crippen molar-refractivity contribution in [2.24, 2.45) is 0 Å². The number of fused-ring (bicyclic) bond motifs is 1. The smallest absolute Gasteiger partial charge is 0.257 e. The molecular formula is C26H35N5O2. The second-order valence-corrected chi connectivity index (χ2v) is 9.75. The quantitative estimate of drug-likeness (QED) is 0.718. The average Bonchev–Trinajstić information content (AvgIpc) is 3.38. The zero-order valence-electron chi connectivity index (χ0n) is 19.7. The van der Waals surface area contributed by atoms with Crippen LogP contribution >= 0.6 is 0 Å². The molecule has 7 nitrogen and oxygen atoms in total. The maximum Gasteiger partial charge on any atom is 0.257 e. The number of amides is 2. The topological polar surface area (TPSA) is 60.0 Å². The van der Waals surface area contributed by atoms with E-state index in [0.717, 1.165) is 75.1 Å². The fourth-order valence-corrected chi connectivity index (χ4v) is 5.46. The molecule has 0 radical (unpaired) electrons. The number of likely N-dealkylation sites (tertiary alicyclic amines) is 1. The predicted molar refractivity (Wildman–Crippen MR) is 131 cm³/mol. The molecule has 3 aliphatic heterocycles. The Labute approximate surface area is 196 Å². The summed E-state index contributed by atoms with van der Waals surface area (Å²) < 4.78 is 0. The molecule has 1 unspecified atom stereocenters. The summed E-state index contributed by atoms with van der Waals surface area (Å²) in [6.07, 6.45) is 5.72. The molecule has 0 N–H and O–H groups in total. The van der Waals surface area contributed by atoms with Gasteiger partial charge in [-0.05, 0) is 51.2 Å². The standard InChI is InChI=1S/C26H35N5O2/c1-20-8-4-5-13-31(20)24(32)19-28-14-16-30(17-15-28)26(33)22-18-21-9-2-3-10-23(21)27-25(22)29-11-6-7-12-29/h2-3,9-10,18,20H,4-8,11-17,19H2,1H3. The lowest BCUT2D eigenvalue weighted by Crippen LogP contribution is -2.53. The van der Waals surface area contributed by atoms with Gasteiger partial charge in [0.1, 0.15) is 5.82 Å². The molecule has 1 aromatic carbocycles. The number of para-hydroxylation sites is 1. The van der Waals surface area contributed by atoms with Crippen LogP contribution in [0.1, 0.15) is 49.4 Å². The first-order valence-electron chi connectivity index (χ1n) is 12.6. The van der Waals surface area contributed by atoms with Crippen molar-refractivity contribution >= 4 is 28.5 Å². The Hall–Kier alpha value is -2.67. The molecule has 1 atom stereocenters. The number of benzene rings is 1. The highest BCUT2D eigenvalue weighted by Crippen LogP contribution is 2.28. The summed E-state index contributed by atoms with van der Waals surface area (Å²) >= 11 is 0. The average molecular weight is 450 g/mol. The van der Waals surface area contributed by atoms with Crippen LogP contribution < -0.4 is 4.90 Å². The van der Waals surface area contributed by atoms with Gasteiger partial charge >= 0.3 is 0 Å². The molecular weight excluding hydrogens is 414 g/mol. The number of piperazine rings is 1. The van der Waals surface area contributed by atoms with Crippen molar-refractivity contribution in [2.75, 3.05) is 57.3 Å². The molecule has 0 bridgehead atoms. The lowest BCUT2D eigenvalue weighted by Gasteiger charge is -2.38. The number of carbonyl (C=O) groups is 2. The summed E-state index contributed by atoms with van der Waals surface area (Å²) in [6.45, 7) is 8.17. The molecule has 176 valence electrons. The van der Waals surface area contributed by atoms with E-state index in [4.69, 9.17) is 4.98 Å². The number of nitrogens with zero attached hydrogens (tertiary/aromatic N) is 5. The third kappa shape index (κ3) is 4.69. The van der Waals surface area contributed by atoms with E-state index in [-0.39, 0.29) is 11.8 Å². The molecule has 7 heteroatoms. The number of anilines is 1. The van der Waals surface area contributed by atoms with Crippen molar-refractivity contribution in [1.82, 2.24) is 19.7 Å². The van der Waals surface area contributed by atoms with Crippen LogP contribution in [0.15, 0.2) is 30.3 Å². The lowest BCUT2D eigenvalue weighted by atomic mass is 10.0. The van der Waals surface area contributed by atoms with Crippen LogP contribution in [0.3, 0.4) is 0 Å². The van der Waals surface area contributed by atoms with E-state index in [1.165, 1.54) is 6.42 Å². The maximum atomic E-state index is 13.6. The van der Waals surface area contributed by atoms with Gasteiger partial charge in [0.15, 0.2) is 0 Å². The Morgan fingerprint density at radius 3 is 2.42 bits per heavy atom. The second-order valence-electron chi connectivity index (χ2n) is 9.75. The normalized spacial score (nSPS) is 22.2. The Morgan fingerprint density at radius 1 is 0.939 bits per heavy atom. The highest BCUT2D eigenvalue weighted by atomic mass is 16.2. The minimum atomic E-state index is 0.0609. The molecule has 3 aliphatic rings. The van der Waals surface area contributed by atoms with Gasteiger partial charge in [0, 0.05) is 57.2 Å². The zero-order chi connectivity index (χ0) is 22.8. The van der Waals surface area contributed by atoms with Crippen molar-refractivity contribution < 1.29 is 9.59 Å². The van der Waals surface area contributed by atoms with E-state index in [2.05, 4.69) is 16.7 Å². The minimum absolute atomic E-state index is 0.0609. The molecule has 2 aromatic rings. The Balaban J connectivity index is 1.27. The number of rotatable bonds is 4. The number of hydrogen-bond acceptors (Lipinski definition) is 5. The van der Waals surface area contributed by atoms with E-state index >= 15 is 0 Å². The van der Waals surface area contributed by atoms with Gasteiger partial charge < -0.3 is 14.7 Å². The Bertz CT molecular complexity index is 1010. The number of hydrogen-bond donors (Lipinski definition) is 0. The van der Waals surface area contributed by atoms with Crippen LogP contribution in [-0.2, 0) is 4.79 Å². The summed E-state index contributed by atoms with van der Waals surface area (Å²) in [4.78, 5) is 39.8. The first-order valence-corrected chi connectivity index (χ1v) is 12.6. The Morgan fingerprint density at radius 2 is 1.67 bits per heavy atom. The third-order valence-electron chi connectivity index (χ3n) is 7.48. The van der Waals surface area contributed by atoms with Crippen LogP contribution in [0.5, 0.6) is 0 Å². The van der Waals surface area contributed by atoms with Crippen molar-refractivity contribution in [3.63, 3.8) is 0 Å². The summed E-state index contributed by atoms with van der Waals surface area (Å²) in [5.41, 5.74) is 1.65. The van der Waals surface area contributed by atoms with Gasteiger partial charge in [0.25, 0.3) is 5.91 Å². The van der Waals surface area contributed by atoms with Crippen LogP contribution in [-0.4, -0.2) is 89.9 Å². The molecule has 33 heavy (non-hydrogen) atoms. The highest BCUT2D eigenvalue weighted by molar-refractivity contribution is 6.02. The first kappa shape index (κ1) is 22.1. The van der Waals surface area contributed by atoms with E-state index < -0.39 is 0 Å². The van der Waals surface area contributed by atoms with E-state index in [1.807, 2.05) is 40.1 Å². The monoisotopic (exact) mass is 449 g/mol. The maximum absolute atomic E-state index is 13.6. The summed E-state index contributed by atoms with van der Waals surface area (Å²) in [7, 11) is 0. The predicted octanol–water partition coefficient (Wildman–Crippen LogP) is 2.99. The van der Waals surface area contributed by atoms with Crippen molar-refractivity contribution in [3.8, 4) is 0 Å². The number of aromatic nitrogens is 1. The van der Waals surface area contributed by atoms with Crippen molar-refractivity contribution in [2.45, 2.75) is 45.1 Å². The molecule has 3 saturated heterocycles. The van der Waals surface area contributed by atoms with Crippen LogP contribution in [0.4, 0.5) is 5.82 Å². The van der Waals surface area contributed by atoms with Crippen molar-refractivity contribution in [1.29, 1.82) is 0 Å². The van der Waals surface area contributed by atoms with Crippen LogP contribution in [0, 0.1) is 0 Å². The van der Waals surface area contributed by atoms with Gasteiger partial charge in [-0.25, -0.2) is 4.98 Å². The van der Waals surface area contributed by atoms with Crippen molar-refractivity contribution in [3.05, 3.63) is 35.9 Å². The molecule has 0 saturated carbocycles. The molecule has 3 fully saturated rings. The molecule has 4 heterocycles. The third-order valence-corrected chi connectivity index (χ3v) is 7.48. The summed E-state index contributed by atoms with van der Waals surface area (Å²) in [6, 6.07) is 10.4. The zero-order valence-corrected chi connectivity index (χ0v) is 19.7. The van der Waals surface area contributed by atoms with Gasteiger partial charge in [0.05, 0.1) is 17.6 Å². The molecule has 0 spiro atoms. The molecule has 1 aromatic heterocycles.